The van der Waals surface area contributed by atoms with Crippen molar-refractivity contribution in [2.75, 3.05) is 26.7 Å². The number of carbonyl (C=O) groups is 2. The first-order valence-corrected chi connectivity index (χ1v) is 7.46. The highest BCUT2D eigenvalue weighted by Crippen LogP contribution is 2.36. The molecule has 0 aromatic carbocycles. The predicted octanol–water partition coefficient (Wildman–Crippen LogP) is 0.803. The molecule has 0 radical (unpaired) electrons. The van der Waals surface area contributed by atoms with Crippen LogP contribution < -0.4 is 5.32 Å². The summed E-state index contributed by atoms with van der Waals surface area (Å²) in [5.74, 6) is -0.187. The molecule has 7 nitrogen and oxygen atoms in total. The van der Waals surface area contributed by atoms with Crippen molar-refractivity contribution >= 4 is 12.0 Å². The average Bonchev–Trinajstić information content (AvgIpc) is 3.03. The number of nitrogens with zero attached hydrogens (tertiary/aromatic N) is 3. The maximum absolute atomic E-state index is 12.2. The lowest BCUT2D eigenvalue weighted by Crippen LogP contribution is -2.42. The van der Waals surface area contributed by atoms with Crippen LogP contribution in [0.1, 0.15) is 19.5 Å². The van der Waals surface area contributed by atoms with Gasteiger partial charge in [-0.05, 0) is 18.9 Å². The van der Waals surface area contributed by atoms with E-state index in [-0.39, 0.29) is 17.9 Å². The summed E-state index contributed by atoms with van der Waals surface area (Å²) in [6.45, 7) is 5.31. The molecule has 1 N–H and O–H groups in total. The highest BCUT2D eigenvalue weighted by molar-refractivity contribution is 5.81. The van der Waals surface area contributed by atoms with E-state index in [1.807, 2.05) is 27.0 Å². The Morgan fingerprint density at radius 3 is 2.86 bits per heavy atom. The van der Waals surface area contributed by atoms with Gasteiger partial charge in [0.2, 0.25) is 0 Å². The normalized spacial score (nSPS) is 24.4. The van der Waals surface area contributed by atoms with Gasteiger partial charge in [-0.1, -0.05) is 6.92 Å². The van der Waals surface area contributed by atoms with Crippen LogP contribution in [0.2, 0.25) is 0 Å². The van der Waals surface area contributed by atoms with Gasteiger partial charge in [-0.15, -0.1) is 0 Å². The molecule has 1 aliphatic heterocycles. The summed E-state index contributed by atoms with van der Waals surface area (Å²) in [4.78, 5) is 25.9. The number of methoxy groups -OCH3 is 1. The third-order valence-corrected chi connectivity index (χ3v) is 4.62. The lowest BCUT2D eigenvalue weighted by Gasteiger charge is -2.24. The number of ether oxygens (including phenoxy) is 1. The van der Waals surface area contributed by atoms with Gasteiger partial charge in [0, 0.05) is 45.0 Å². The minimum atomic E-state index is -0.631. The second kappa shape index (κ2) is 6.37. The molecule has 1 aromatic rings. The molecule has 122 valence electrons. The van der Waals surface area contributed by atoms with E-state index in [2.05, 4.69) is 10.4 Å². The largest absolute Gasteiger partial charge is 0.469 e. The number of urea groups is 1. The number of nitrogens with one attached hydrogen (secondary N) is 1. The van der Waals surface area contributed by atoms with Crippen LogP contribution in [-0.2, 0) is 23.0 Å². The molecule has 0 aliphatic carbocycles. The lowest BCUT2D eigenvalue weighted by molar-refractivity contribution is -0.152. The van der Waals surface area contributed by atoms with Gasteiger partial charge in [0.15, 0.2) is 0 Å². The second-order valence-electron chi connectivity index (χ2n) is 6.12. The standard InChI is InChI=1S/C15H24N4O3/c1-11-9-19(10-15(11,2)13(20)22-4)14(21)16-7-5-12-6-8-17-18(12)3/h6,8,11H,5,7,9-10H2,1-4H3,(H,16,21)/t11-,15-/m1/s1. The highest BCUT2D eigenvalue weighted by atomic mass is 16.5. The van der Waals surface area contributed by atoms with Crippen molar-refractivity contribution in [2.45, 2.75) is 20.3 Å². The minimum absolute atomic E-state index is 0.0720. The first-order valence-electron chi connectivity index (χ1n) is 7.46. The number of hydrogen-bond donors (Lipinski definition) is 1. The van der Waals surface area contributed by atoms with Crippen molar-refractivity contribution in [2.24, 2.45) is 18.4 Å². The van der Waals surface area contributed by atoms with Crippen molar-refractivity contribution < 1.29 is 14.3 Å². The molecule has 1 aliphatic rings. The number of aryl methyl sites for hydroxylation is 1. The molecule has 7 heteroatoms. The first-order chi connectivity index (χ1) is 10.4. The summed E-state index contributed by atoms with van der Waals surface area (Å²) in [6.07, 6.45) is 2.46. The summed E-state index contributed by atoms with van der Waals surface area (Å²) in [6, 6.07) is 1.79. The molecular formula is C15H24N4O3. The summed E-state index contributed by atoms with van der Waals surface area (Å²) in [5.41, 5.74) is 0.434. The van der Waals surface area contributed by atoms with Crippen molar-refractivity contribution in [3.8, 4) is 0 Å². The van der Waals surface area contributed by atoms with Gasteiger partial charge in [0.25, 0.3) is 0 Å². The van der Waals surface area contributed by atoms with E-state index < -0.39 is 5.41 Å². The molecule has 22 heavy (non-hydrogen) atoms. The van der Waals surface area contributed by atoms with Crippen molar-refractivity contribution in [3.63, 3.8) is 0 Å². The van der Waals surface area contributed by atoms with Gasteiger partial charge in [0.1, 0.15) is 0 Å². The molecular weight excluding hydrogens is 284 g/mol. The van der Waals surface area contributed by atoms with Gasteiger partial charge in [-0.25, -0.2) is 4.79 Å². The molecule has 2 rings (SSSR count). The fourth-order valence-electron chi connectivity index (χ4n) is 2.86. The predicted molar refractivity (Wildman–Crippen MR) is 81.2 cm³/mol. The molecule has 2 heterocycles. The van der Waals surface area contributed by atoms with Gasteiger partial charge >= 0.3 is 12.0 Å². The minimum Gasteiger partial charge on any atom is -0.469 e. The Kier molecular flexibility index (Phi) is 4.73. The molecule has 0 bridgehead atoms. The van der Waals surface area contributed by atoms with Crippen LogP contribution in [-0.4, -0.2) is 53.4 Å². The average molecular weight is 308 g/mol. The van der Waals surface area contributed by atoms with E-state index in [1.54, 1.807) is 15.8 Å². The molecule has 0 saturated carbocycles. The van der Waals surface area contributed by atoms with E-state index in [0.717, 1.165) is 12.1 Å². The second-order valence-corrected chi connectivity index (χ2v) is 6.12. The third kappa shape index (κ3) is 3.08. The van der Waals surface area contributed by atoms with Crippen LogP contribution in [0.5, 0.6) is 0 Å². The lowest BCUT2D eigenvalue weighted by atomic mass is 9.81. The number of carbonyl (C=O) groups excluding carboxylic acids is 2. The van der Waals surface area contributed by atoms with Crippen LogP contribution >= 0.6 is 0 Å². The fraction of sp³-hybridized carbons (Fsp3) is 0.667. The maximum atomic E-state index is 12.2. The maximum Gasteiger partial charge on any atom is 0.317 e. The van der Waals surface area contributed by atoms with E-state index in [1.165, 1.54) is 7.11 Å². The van der Waals surface area contributed by atoms with Crippen LogP contribution in [0.15, 0.2) is 12.3 Å². The monoisotopic (exact) mass is 308 g/mol. The SMILES string of the molecule is COC(=O)[C@]1(C)CN(C(=O)NCCc2ccnn2C)C[C@H]1C. The van der Waals surface area contributed by atoms with Gasteiger partial charge in [0.05, 0.1) is 12.5 Å². The number of esters is 1. The number of rotatable bonds is 4. The van der Waals surface area contributed by atoms with E-state index in [9.17, 15) is 9.59 Å². The van der Waals surface area contributed by atoms with Gasteiger partial charge in [-0.2, -0.15) is 5.10 Å². The van der Waals surface area contributed by atoms with Gasteiger partial charge in [-0.3, -0.25) is 9.48 Å². The molecule has 2 atom stereocenters. The molecule has 1 aromatic heterocycles. The summed E-state index contributed by atoms with van der Waals surface area (Å²) >= 11 is 0. The van der Waals surface area contributed by atoms with Crippen molar-refractivity contribution in [3.05, 3.63) is 18.0 Å². The number of aromatic nitrogens is 2. The van der Waals surface area contributed by atoms with Crippen LogP contribution in [0.4, 0.5) is 4.79 Å². The zero-order chi connectivity index (χ0) is 16.3. The summed E-state index contributed by atoms with van der Waals surface area (Å²) in [7, 11) is 3.26. The first kappa shape index (κ1) is 16.3. The van der Waals surface area contributed by atoms with Crippen LogP contribution in [0, 0.1) is 11.3 Å². The zero-order valence-corrected chi connectivity index (χ0v) is 13.6. The molecule has 1 saturated heterocycles. The van der Waals surface area contributed by atoms with Crippen LogP contribution in [0.3, 0.4) is 0 Å². The Bertz CT molecular complexity index is 557. The third-order valence-electron chi connectivity index (χ3n) is 4.62. The number of hydrogen-bond acceptors (Lipinski definition) is 4. The number of likely N-dealkylation sites (tertiary alicyclic amines) is 1. The smallest absolute Gasteiger partial charge is 0.317 e. The molecule has 1 fully saturated rings. The molecule has 0 spiro atoms. The zero-order valence-electron chi connectivity index (χ0n) is 13.6. The Hall–Kier alpha value is -2.05. The Morgan fingerprint density at radius 2 is 2.27 bits per heavy atom. The quantitative estimate of drug-likeness (QED) is 0.835. The Morgan fingerprint density at radius 1 is 1.55 bits per heavy atom. The highest BCUT2D eigenvalue weighted by Gasteiger charge is 2.48. The number of amides is 2. The van der Waals surface area contributed by atoms with E-state index in [4.69, 9.17) is 4.74 Å². The fourth-order valence-corrected chi connectivity index (χ4v) is 2.86. The van der Waals surface area contributed by atoms with Crippen LogP contribution in [0.25, 0.3) is 0 Å². The van der Waals surface area contributed by atoms with Crippen molar-refractivity contribution in [1.29, 1.82) is 0 Å². The van der Waals surface area contributed by atoms with E-state index >= 15 is 0 Å². The Balaban J connectivity index is 1.86. The molecule has 2 amide bonds. The topological polar surface area (TPSA) is 76.5 Å². The summed E-state index contributed by atoms with van der Waals surface area (Å²) in [5, 5.41) is 6.99. The molecule has 0 unspecified atom stereocenters. The summed E-state index contributed by atoms with van der Waals surface area (Å²) < 4.78 is 6.66. The van der Waals surface area contributed by atoms with Crippen molar-refractivity contribution in [1.82, 2.24) is 20.0 Å². The van der Waals surface area contributed by atoms with E-state index in [0.29, 0.717) is 19.6 Å². The Labute approximate surface area is 130 Å². The van der Waals surface area contributed by atoms with Gasteiger partial charge < -0.3 is 15.0 Å².